The molecule has 0 aromatic rings. The van der Waals surface area contributed by atoms with Gasteiger partial charge in [0.2, 0.25) is 0 Å². The van der Waals surface area contributed by atoms with E-state index < -0.39 is 17.5 Å². The van der Waals surface area contributed by atoms with Crippen molar-refractivity contribution in [3.63, 3.8) is 0 Å². The van der Waals surface area contributed by atoms with Gasteiger partial charge in [-0.1, -0.05) is 19.8 Å². The first kappa shape index (κ1) is 15.4. The van der Waals surface area contributed by atoms with E-state index in [2.05, 4.69) is 0 Å². The summed E-state index contributed by atoms with van der Waals surface area (Å²) in [7, 11) is 5.85. The number of carboxylic acid groups (broad SMARTS) is 1. The molecule has 2 unspecified atom stereocenters. The molecule has 96 valence electrons. The number of carbonyl (C=O) groups is 1. The van der Waals surface area contributed by atoms with Crippen molar-refractivity contribution in [2.75, 3.05) is 27.7 Å². The van der Waals surface area contributed by atoms with Crippen LogP contribution in [0.4, 0.5) is 0 Å². The number of carboxylic acids is 1. The molecule has 2 atom stereocenters. The molecular formula is C12H26NO3+. The largest absolute Gasteiger partial charge is 0.481 e. The normalized spacial score (nSPS) is 17.9. The zero-order chi connectivity index (χ0) is 13.0. The summed E-state index contributed by atoms with van der Waals surface area (Å²) in [4.78, 5) is 11.3. The molecule has 0 spiro atoms. The summed E-state index contributed by atoms with van der Waals surface area (Å²) in [5.41, 5.74) is -1.03. The first-order valence-corrected chi connectivity index (χ1v) is 5.85. The van der Waals surface area contributed by atoms with Gasteiger partial charge in [-0.3, -0.25) is 4.79 Å². The molecule has 0 fully saturated rings. The predicted molar refractivity (Wildman–Crippen MR) is 64.2 cm³/mol. The van der Waals surface area contributed by atoms with Crippen molar-refractivity contribution < 1.29 is 19.5 Å². The Labute approximate surface area is 98.5 Å². The van der Waals surface area contributed by atoms with Crippen molar-refractivity contribution in [1.29, 1.82) is 0 Å². The van der Waals surface area contributed by atoms with Gasteiger partial charge in [0, 0.05) is 0 Å². The molecule has 0 radical (unpaired) electrons. The molecule has 0 bridgehead atoms. The van der Waals surface area contributed by atoms with E-state index in [1.165, 1.54) is 0 Å². The fourth-order valence-electron chi connectivity index (χ4n) is 1.68. The summed E-state index contributed by atoms with van der Waals surface area (Å²) in [5, 5.41) is 19.4. The van der Waals surface area contributed by atoms with E-state index in [9.17, 15) is 15.0 Å². The van der Waals surface area contributed by atoms with Gasteiger partial charge in [0.15, 0.2) is 0 Å². The molecule has 0 amide bonds. The van der Waals surface area contributed by atoms with Gasteiger partial charge in [0.05, 0.1) is 26.6 Å². The minimum atomic E-state index is -1.03. The summed E-state index contributed by atoms with van der Waals surface area (Å²) < 4.78 is 0.566. The minimum Gasteiger partial charge on any atom is -0.481 e. The molecule has 0 heterocycles. The number of hydrogen-bond donors (Lipinski definition) is 2. The second-order valence-corrected chi connectivity index (χ2v) is 5.81. The highest BCUT2D eigenvalue weighted by molar-refractivity contribution is 5.74. The van der Waals surface area contributed by atoms with Crippen LogP contribution in [0.5, 0.6) is 0 Å². The summed E-state index contributed by atoms with van der Waals surface area (Å²) in [6.07, 6.45) is 1.49. The number of aliphatic hydroxyl groups is 1. The fraction of sp³-hybridized carbons (Fsp3) is 0.917. The van der Waals surface area contributed by atoms with Crippen LogP contribution in [0.2, 0.25) is 0 Å². The van der Waals surface area contributed by atoms with Crippen LogP contribution >= 0.6 is 0 Å². The topological polar surface area (TPSA) is 57.5 Å². The molecule has 0 aliphatic heterocycles. The number of unbranched alkanes of at least 4 members (excludes halogenated alkanes) is 1. The van der Waals surface area contributed by atoms with Crippen LogP contribution in [0.1, 0.15) is 33.1 Å². The monoisotopic (exact) mass is 232 g/mol. The van der Waals surface area contributed by atoms with Crippen molar-refractivity contribution in [1.82, 2.24) is 0 Å². The lowest BCUT2D eigenvalue weighted by molar-refractivity contribution is -0.874. The molecule has 0 aliphatic rings. The van der Waals surface area contributed by atoms with E-state index in [-0.39, 0.29) is 0 Å². The first-order chi connectivity index (χ1) is 7.13. The Kier molecular flexibility index (Phi) is 5.42. The van der Waals surface area contributed by atoms with Crippen molar-refractivity contribution >= 4 is 5.97 Å². The molecule has 4 heteroatoms. The van der Waals surface area contributed by atoms with Crippen LogP contribution < -0.4 is 0 Å². The average molecular weight is 232 g/mol. The Bertz CT molecular complexity index is 235. The smallest absolute Gasteiger partial charge is 0.312 e. The zero-order valence-corrected chi connectivity index (χ0v) is 11.2. The van der Waals surface area contributed by atoms with Gasteiger partial charge in [0.1, 0.15) is 12.6 Å². The van der Waals surface area contributed by atoms with Crippen molar-refractivity contribution in [2.45, 2.75) is 39.2 Å². The van der Waals surface area contributed by atoms with Crippen molar-refractivity contribution in [2.24, 2.45) is 5.41 Å². The number of nitrogens with zero attached hydrogens (tertiary/aromatic N) is 1. The molecule has 4 nitrogen and oxygen atoms in total. The number of quaternary nitrogens is 1. The minimum absolute atomic E-state index is 0.451. The van der Waals surface area contributed by atoms with Crippen LogP contribution in [0.3, 0.4) is 0 Å². The maximum absolute atomic E-state index is 11.3. The summed E-state index contributed by atoms with van der Waals surface area (Å²) in [6, 6.07) is 0. The van der Waals surface area contributed by atoms with E-state index in [0.717, 1.165) is 12.8 Å². The molecule has 0 aliphatic carbocycles. The fourth-order valence-corrected chi connectivity index (χ4v) is 1.68. The number of aliphatic hydroxyl groups excluding tert-OH is 1. The van der Waals surface area contributed by atoms with Crippen LogP contribution in [0.25, 0.3) is 0 Å². The maximum Gasteiger partial charge on any atom is 0.312 e. The molecule has 16 heavy (non-hydrogen) atoms. The van der Waals surface area contributed by atoms with E-state index in [1.807, 2.05) is 28.1 Å². The van der Waals surface area contributed by atoms with E-state index in [1.54, 1.807) is 6.92 Å². The second kappa shape index (κ2) is 5.64. The van der Waals surface area contributed by atoms with Gasteiger partial charge in [-0.05, 0) is 13.3 Å². The first-order valence-electron chi connectivity index (χ1n) is 5.85. The summed E-state index contributed by atoms with van der Waals surface area (Å²) in [6.45, 7) is 4.12. The van der Waals surface area contributed by atoms with Gasteiger partial charge >= 0.3 is 5.97 Å². The predicted octanol–water partition coefficient (Wildman–Crippen LogP) is 1.33. The number of likely N-dealkylation sites (N-methyl/N-ethyl adjacent to an activating group) is 1. The lowest BCUT2D eigenvalue weighted by Gasteiger charge is -2.35. The Morgan fingerprint density at radius 2 is 1.88 bits per heavy atom. The second-order valence-electron chi connectivity index (χ2n) is 5.81. The summed E-state index contributed by atoms with van der Waals surface area (Å²) in [5.74, 6) is -0.901. The van der Waals surface area contributed by atoms with Crippen molar-refractivity contribution in [3.8, 4) is 0 Å². The zero-order valence-electron chi connectivity index (χ0n) is 11.2. The van der Waals surface area contributed by atoms with Gasteiger partial charge in [-0.15, -0.1) is 0 Å². The number of rotatable bonds is 7. The van der Waals surface area contributed by atoms with Gasteiger partial charge in [0.25, 0.3) is 0 Å². The van der Waals surface area contributed by atoms with Gasteiger partial charge < -0.3 is 14.7 Å². The number of aliphatic carboxylic acids is 1. The lowest BCUT2D eigenvalue weighted by atomic mass is 9.79. The van der Waals surface area contributed by atoms with Crippen LogP contribution in [-0.4, -0.2) is 54.5 Å². The third-order valence-electron chi connectivity index (χ3n) is 2.99. The quantitative estimate of drug-likeness (QED) is 0.651. The van der Waals surface area contributed by atoms with Crippen LogP contribution in [0.15, 0.2) is 0 Å². The van der Waals surface area contributed by atoms with Crippen molar-refractivity contribution in [3.05, 3.63) is 0 Å². The third-order valence-corrected chi connectivity index (χ3v) is 2.99. The molecular weight excluding hydrogens is 206 g/mol. The van der Waals surface area contributed by atoms with Crippen LogP contribution in [-0.2, 0) is 4.79 Å². The molecule has 0 saturated carbocycles. The molecule has 2 N–H and O–H groups in total. The molecule has 0 saturated heterocycles. The highest BCUT2D eigenvalue weighted by Gasteiger charge is 2.42. The van der Waals surface area contributed by atoms with E-state index in [4.69, 9.17) is 0 Å². The SMILES string of the molecule is CCCCC(C)(C(=O)O)C(O)C[N+](C)(C)C. The molecule has 0 aromatic heterocycles. The van der Waals surface area contributed by atoms with Gasteiger partial charge in [-0.2, -0.15) is 0 Å². The Morgan fingerprint density at radius 1 is 1.38 bits per heavy atom. The lowest BCUT2D eigenvalue weighted by Crippen LogP contribution is -2.50. The van der Waals surface area contributed by atoms with E-state index in [0.29, 0.717) is 17.4 Å². The number of hydrogen-bond acceptors (Lipinski definition) is 2. The Morgan fingerprint density at radius 3 is 2.19 bits per heavy atom. The Hall–Kier alpha value is -0.610. The highest BCUT2D eigenvalue weighted by atomic mass is 16.4. The Balaban J connectivity index is 4.70. The highest BCUT2D eigenvalue weighted by Crippen LogP contribution is 2.30. The average Bonchev–Trinajstić information content (AvgIpc) is 2.10. The standard InChI is InChI=1S/C12H25NO3/c1-6-7-8-12(2,11(15)16)10(14)9-13(3,4)5/h10,14H,6-9H2,1-5H3/p+1. The van der Waals surface area contributed by atoms with Gasteiger partial charge in [-0.25, -0.2) is 0 Å². The maximum atomic E-state index is 11.3. The summed E-state index contributed by atoms with van der Waals surface area (Å²) >= 11 is 0. The van der Waals surface area contributed by atoms with E-state index >= 15 is 0 Å². The third kappa shape index (κ3) is 4.49. The van der Waals surface area contributed by atoms with Crippen LogP contribution in [0, 0.1) is 5.41 Å². The molecule has 0 aromatic carbocycles. The molecule has 0 rings (SSSR count).